The lowest BCUT2D eigenvalue weighted by Crippen LogP contribution is -2.45. The van der Waals surface area contributed by atoms with Crippen LogP contribution in [0.15, 0.2) is 0 Å². The Kier molecular flexibility index (Phi) is 1.15. The molecule has 4 atom stereocenters. The maximum atomic E-state index is 10.1. The lowest BCUT2D eigenvalue weighted by Gasteiger charge is -2.43. The van der Waals surface area contributed by atoms with Crippen molar-refractivity contribution in [2.24, 2.45) is 11.8 Å². The Labute approximate surface area is 72.6 Å². The van der Waals surface area contributed by atoms with Gasteiger partial charge in [-0.05, 0) is 43.9 Å². The van der Waals surface area contributed by atoms with Crippen LogP contribution < -0.4 is 0 Å². The maximum Gasteiger partial charge on any atom is 0.0680 e. The molecule has 3 rings (SSSR count). The molecule has 2 nitrogen and oxygen atoms in total. The standard InChI is InChI=1S/C10H16O2/c11-9-2-1-7-3-10(12,6-9)5-8(7)4-9/h7-8,11-12H,1-6H2. The Morgan fingerprint density at radius 3 is 2.42 bits per heavy atom. The lowest BCUT2D eigenvalue weighted by molar-refractivity contribution is -0.104. The second kappa shape index (κ2) is 1.88. The van der Waals surface area contributed by atoms with Crippen LogP contribution in [0, 0.1) is 11.8 Å². The van der Waals surface area contributed by atoms with E-state index >= 15 is 0 Å². The zero-order valence-electron chi connectivity index (χ0n) is 7.29. The van der Waals surface area contributed by atoms with Crippen molar-refractivity contribution in [2.75, 3.05) is 0 Å². The number of rotatable bonds is 0. The first-order chi connectivity index (χ1) is 5.59. The molecule has 0 saturated heterocycles. The average Bonchev–Trinajstić information content (AvgIpc) is 2.10. The third-order valence-electron chi connectivity index (χ3n) is 4.23. The molecule has 2 N–H and O–H groups in total. The van der Waals surface area contributed by atoms with Gasteiger partial charge in [-0.25, -0.2) is 0 Å². The summed E-state index contributed by atoms with van der Waals surface area (Å²) in [6.07, 6.45) is 5.59. The summed E-state index contributed by atoms with van der Waals surface area (Å²) in [5.74, 6) is 1.35. The molecule has 0 aromatic carbocycles. The predicted molar refractivity (Wildman–Crippen MR) is 44.6 cm³/mol. The summed E-state index contributed by atoms with van der Waals surface area (Å²) in [5.41, 5.74) is -0.983. The monoisotopic (exact) mass is 168 g/mol. The summed E-state index contributed by atoms with van der Waals surface area (Å²) in [7, 11) is 0. The molecule has 0 heterocycles. The van der Waals surface area contributed by atoms with Gasteiger partial charge in [-0.3, -0.25) is 0 Å². The molecule has 3 bridgehead atoms. The summed E-state index contributed by atoms with van der Waals surface area (Å²) in [4.78, 5) is 0. The fourth-order valence-corrected chi connectivity index (χ4v) is 3.93. The Morgan fingerprint density at radius 2 is 1.58 bits per heavy atom. The zero-order valence-corrected chi connectivity index (χ0v) is 7.29. The van der Waals surface area contributed by atoms with Gasteiger partial charge in [-0.2, -0.15) is 0 Å². The Morgan fingerprint density at radius 1 is 0.917 bits per heavy atom. The molecule has 3 aliphatic rings. The van der Waals surface area contributed by atoms with Crippen LogP contribution in [0.2, 0.25) is 0 Å². The molecule has 68 valence electrons. The molecule has 0 radical (unpaired) electrons. The number of hydrogen-bond acceptors (Lipinski definition) is 2. The first-order valence-corrected chi connectivity index (χ1v) is 5.03. The van der Waals surface area contributed by atoms with Crippen molar-refractivity contribution in [1.29, 1.82) is 0 Å². The van der Waals surface area contributed by atoms with E-state index in [0.717, 1.165) is 38.0 Å². The smallest absolute Gasteiger partial charge is 0.0680 e. The molecule has 3 aliphatic carbocycles. The highest BCUT2D eigenvalue weighted by Gasteiger charge is 2.57. The molecule has 0 aliphatic heterocycles. The van der Waals surface area contributed by atoms with E-state index in [1.807, 2.05) is 0 Å². The second-order valence-electron chi connectivity index (χ2n) is 5.30. The van der Waals surface area contributed by atoms with Crippen LogP contribution in [0.5, 0.6) is 0 Å². The van der Waals surface area contributed by atoms with Crippen LogP contribution in [0.25, 0.3) is 0 Å². The first-order valence-electron chi connectivity index (χ1n) is 5.03. The average molecular weight is 168 g/mol. The minimum atomic E-state index is -0.495. The second-order valence-corrected chi connectivity index (χ2v) is 5.30. The highest BCUT2D eigenvalue weighted by molar-refractivity contribution is 5.09. The summed E-state index contributed by atoms with van der Waals surface area (Å²) in [6.45, 7) is 0. The number of hydrogen-bond donors (Lipinski definition) is 2. The van der Waals surface area contributed by atoms with E-state index < -0.39 is 11.2 Å². The van der Waals surface area contributed by atoms with E-state index in [-0.39, 0.29) is 0 Å². The van der Waals surface area contributed by atoms with Gasteiger partial charge in [0.1, 0.15) is 0 Å². The SMILES string of the molecule is OC12CCC3CC(O)(CC3C1)C2. The summed E-state index contributed by atoms with van der Waals surface area (Å²) < 4.78 is 0. The van der Waals surface area contributed by atoms with E-state index in [9.17, 15) is 10.2 Å². The molecular formula is C10H16O2. The third-order valence-corrected chi connectivity index (χ3v) is 4.23. The van der Waals surface area contributed by atoms with Crippen molar-refractivity contribution >= 4 is 0 Å². The van der Waals surface area contributed by atoms with Crippen molar-refractivity contribution in [3.63, 3.8) is 0 Å². The molecule has 2 heteroatoms. The first kappa shape index (κ1) is 7.34. The van der Waals surface area contributed by atoms with Crippen molar-refractivity contribution < 1.29 is 10.2 Å². The van der Waals surface area contributed by atoms with E-state index in [1.165, 1.54) is 0 Å². The van der Waals surface area contributed by atoms with Crippen LogP contribution in [-0.2, 0) is 0 Å². The lowest BCUT2D eigenvalue weighted by atomic mass is 9.68. The molecule has 12 heavy (non-hydrogen) atoms. The predicted octanol–water partition coefficient (Wildman–Crippen LogP) is 1.06. The largest absolute Gasteiger partial charge is 0.390 e. The highest BCUT2D eigenvalue weighted by atomic mass is 16.3. The van der Waals surface area contributed by atoms with Gasteiger partial charge in [0.05, 0.1) is 11.2 Å². The highest BCUT2D eigenvalue weighted by Crippen LogP contribution is 2.58. The molecule has 0 spiro atoms. The summed E-state index contributed by atoms with van der Waals surface area (Å²) in [5, 5.41) is 20.2. The molecule has 0 aromatic rings. The van der Waals surface area contributed by atoms with Gasteiger partial charge >= 0.3 is 0 Å². The van der Waals surface area contributed by atoms with Crippen molar-refractivity contribution in [1.82, 2.24) is 0 Å². The van der Waals surface area contributed by atoms with Crippen LogP contribution in [0.1, 0.15) is 38.5 Å². The molecule has 3 fully saturated rings. The Hall–Kier alpha value is -0.0800. The Balaban J connectivity index is 2.01. The van der Waals surface area contributed by atoms with Gasteiger partial charge in [-0.1, -0.05) is 0 Å². The molecule has 3 saturated carbocycles. The normalized spacial score (nSPS) is 62.5. The van der Waals surface area contributed by atoms with Crippen molar-refractivity contribution in [2.45, 2.75) is 49.7 Å². The zero-order chi connectivity index (χ0) is 8.40. The fourth-order valence-electron chi connectivity index (χ4n) is 3.93. The van der Waals surface area contributed by atoms with Gasteiger partial charge in [0.15, 0.2) is 0 Å². The number of aliphatic hydroxyl groups is 2. The van der Waals surface area contributed by atoms with Crippen LogP contribution >= 0.6 is 0 Å². The minimum absolute atomic E-state index is 0.487. The number of fused-ring (bicyclic) bond motifs is 2. The third kappa shape index (κ3) is 0.826. The van der Waals surface area contributed by atoms with E-state index in [4.69, 9.17) is 0 Å². The summed E-state index contributed by atoms with van der Waals surface area (Å²) in [6, 6.07) is 0. The van der Waals surface area contributed by atoms with Crippen molar-refractivity contribution in [3.8, 4) is 0 Å². The molecule has 0 aromatic heterocycles. The Bertz CT molecular complexity index is 222. The molecule has 4 unspecified atom stereocenters. The van der Waals surface area contributed by atoms with Crippen LogP contribution in [0.4, 0.5) is 0 Å². The topological polar surface area (TPSA) is 40.5 Å². The van der Waals surface area contributed by atoms with Gasteiger partial charge in [-0.15, -0.1) is 0 Å². The minimum Gasteiger partial charge on any atom is -0.390 e. The van der Waals surface area contributed by atoms with E-state index in [2.05, 4.69) is 0 Å². The van der Waals surface area contributed by atoms with Gasteiger partial charge in [0, 0.05) is 6.42 Å². The molecule has 0 amide bonds. The quantitative estimate of drug-likeness (QED) is 0.568. The summed E-state index contributed by atoms with van der Waals surface area (Å²) >= 11 is 0. The van der Waals surface area contributed by atoms with E-state index in [0.29, 0.717) is 12.3 Å². The van der Waals surface area contributed by atoms with Crippen molar-refractivity contribution in [3.05, 3.63) is 0 Å². The van der Waals surface area contributed by atoms with Gasteiger partial charge < -0.3 is 10.2 Å². The van der Waals surface area contributed by atoms with Crippen LogP contribution in [-0.4, -0.2) is 21.4 Å². The molecular weight excluding hydrogens is 152 g/mol. The van der Waals surface area contributed by atoms with E-state index in [1.54, 1.807) is 0 Å². The van der Waals surface area contributed by atoms with Gasteiger partial charge in [0.25, 0.3) is 0 Å². The van der Waals surface area contributed by atoms with Crippen LogP contribution in [0.3, 0.4) is 0 Å². The van der Waals surface area contributed by atoms with Gasteiger partial charge in [0.2, 0.25) is 0 Å². The fraction of sp³-hybridized carbons (Fsp3) is 1.00. The maximum absolute atomic E-state index is 10.1.